The second-order valence-corrected chi connectivity index (χ2v) is 5.93. The predicted molar refractivity (Wildman–Crippen MR) is 83.5 cm³/mol. The van der Waals surface area contributed by atoms with Crippen molar-refractivity contribution in [1.82, 2.24) is 19.9 Å². The van der Waals surface area contributed by atoms with Crippen molar-refractivity contribution in [3.63, 3.8) is 0 Å². The van der Waals surface area contributed by atoms with Gasteiger partial charge in [0.2, 0.25) is 17.6 Å². The molecule has 2 aromatic rings. The van der Waals surface area contributed by atoms with Gasteiger partial charge in [0, 0.05) is 27.7 Å². The van der Waals surface area contributed by atoms with Crippen LogP contribution in [0.15, 0.2) is 22.0 Å². The molecule has 22 heavy (non-hydrogen) atoms. The largest absolute Gasteiger partial charge is 0.383 e. The van der Waals surface area contributed by atoms with Gasteiger partial charge in [0.1, 0.15) is 0 Å². The number of thiophene rings is 1. The van der Waals surface area contributed by atoms with Crippen LogP contribution in [0.4, 0.5) is 0 Å². The Bertz CT molecular complexity index is 583. The monoisotopic (exact) mass is 324 g/mol. The number of aromatic nitrogens is 2. The SMILES string of the molecule is COCCN(CC(=O)N(C)C)Cc1nc(-c2cccs2)no1. The maximum Gasteiger partial charge on any atom is 0.241 e. The average Bonchev–Trinajstić information content (AvgIpc) is 3.15. The van der Waals surface area contributed by atoms with Crippen LogP contribution in [0.3, 0.4) is 0 Å². The molecule has 7 nitrogen and oxygen atoms in total. The highest BCUT2D eigenvalue weighted by molar-refractivity contribution is 7.13. The molecular weight excluding hydrogens is 304 g/mol. The molecule has 2 aromatic heterocycles. The summed E-state index contributed by atoms with van der Waals surface area (Å²) in [6, 6.07) is 3.88. The lowest BCUT2D eigenvalue weighted by Gasteiger charge is -2.21. The first-order chi connectivity index (χ1) is 10.6. The van der Waals surface area contributed by atoms with Crippen molar-refractivity contribution < 1.29 is 14.1 Å². The number of amides is 1. The van der Waals surface area contributed by atoms with Crippen LogP contribution in [0.25, 0.3) is 10.7 Å². The Kier molecular flexibility index (Phi) is 6.05. The van der Waals surface area contributed by atoms with Crippen molar-refractivity contribution in [3.05, 3.63) is 23.4 Å². The van der Waals surface area contributed by atoms with Crippen molar-refractivity contribution in [1.29, 1.82) is 0 Å². The molecule has 8 heteroatoms. The molecular formula is C14H20N4O3S. The maximum absolute atomic E-state index is 11.9. The van der Waals surface area contributed by atoms with E-state index in [0.29, 0.717) is 31.4 Å². The third kappa shape index (κ3) is 4.62. The van der Waals surface area contributed by atoms with Gasteiger partial charge in [0.15, 0.2) is 0 Å². The fourth-order valence-electron chi connectivity index (χ4n) is 1.78. The van der Waals surface area contributed by atoms with E-state index in [1.54, 1.807) is 37.4 Å². The van der Waals surface area contributed by atoms with E-state index in [9.17, 15) is 4.79 Å². The number of methoxy groups -OCH3 is 1. The smallest absolute Gasteiger partial charge is 0.241 e. The molecule has 0 saturated carbocycles. The summed E-state index contributed by atoms with van der Waals surface area (Å²) in [6.45, 7) is 1.85. The fraction of sp³-hybridized carbons (Fsp3) is 0.500. The topological polar surface area (TPSA) is 71.7 Å². The number of nitrogens with zero attached hydrogens (tertiary/aromatic N) is 4. The molecule has 0 fully saturated rings. The van der Waals surface area contributed by atoms with Crippen molar-refractivity contribution >= 4 is 17.2 Å². The highest BCUT2D eigenvalue weighted by Crippen LogP contribution is 2.21. The molecule has 0 saturated heterocycles. The molecule has 0 atom stereocenters. The molecule has 2 rings (SSSR count). The van der Waals surface area contributed by atoms with Crippen LogP contribution in [0.2, 0.25) is 0 Å². The van der Waals surface area contributed by atoms with E-state index >= 15 is 0 Å². The standard InChI is InChI=1S/C14H20N4O3S/c1-17(2)13(19)10-18(6-7-20-3)9-12-15-14(16-21-12)11-5-4-8-22-11/h4-5,8H,6-7,9-10H2,1-3H3. The molecule has 0 radical (unpaired) electrons. The zero-order valence-electron chi connectivity index (χ0n) is 13.0. The maximum atomic E-state index is 11.9. The summed E-state index contributed by atoms with van der Waals surface area (Å²) >= 11 is 1.56. The normalized spacial score (nSPS) is 11.1. The molecule has 0 unspecified atom stereocenters. The van der Waals surface area contributed by atoms with Gasteiger partial charge in [-0.1, -0.05) is 11.2 Å². The lowest BCUT2D eigenvalue weighted by molar-refractivity contribution is -0.130. The van der Waals surface area contributed by atoms with Crippen LogP contribution in [0.5, 0.6) is 0 Å². The third-order valence-corrected chi connectivity index (χ3v) is 3.90. The molecule has 0 aromatic carbocycles. The second kappa shape index (κ2) is 8.02. The van der Waals surface area contributed by atoms with E-state index in [0.717, 1.165) is 4.88 Å². The quantitative estimate of drug-likeness (QED) is 0.729. The zero-order chi connectivity index (χ0) is 15.9. The Morgan fingerprint density at radius 2 is 2.27 bits per heavy atom. The van der Waals surface area contributed by atoms with Gasteiger partial charge in [-0.15, -0.1) is 11.3 Å². The van der Waals surface area contributed by atoms with Gasteiger partial charge >= 0.3 is 0 Å². The van der Waals surface area contributed by atoms with Crippen LogP contribution >= 0.6 is 11.3 Å². The second-order valence-electron chi connectivity index (χ2n) is 4.98. The molecule has 0 aliphatic heterocycles. The van der Waals surface area contributed by atoms with Crippen LogP contribution in [0, 0.1) is 0 Å². The highest BCUT2D eigenvalue weighted by atomic mass is 32.1. The minimum absolute atomic E-state index is 0.0223. The van der Waals surface area contributed by atoms with E-state index in [-0.39, 0.29) is 12.5 Å². The summed E-state index contributed by atoms with van der Waals surface area (Å²) < 4.78 is 10.4. The number of carbonyl (C=O) groups excluding carboxylic acids is 1. The summed E-state index contributed by atoms with van der Waals surface area (Å²) in [5, 5.41) is 5.94. The number of hydrogen-bond donors (Lipinski definition) is 0. The fourth-order valence-corrected chi connectivity index (χ4v) is 2.43. The van der Waals surface area contributed by atoms with E-state index in [1.165, 1.54) is 0 Å². The summed E-state index contributed by atoms with van der Waals surface area (Å²) in [6.07, 6.45) is 0. The first-order valence-electron chi connectivity index (χ1n) is 6.88. The van der Waals surface area contributed by atoms with Gasteiger partial charge < -0.3 is 14.2 Å². The van der Waals surface area contributed by atoms with E-state index in [1.807, 2.05) is 22.4 Å². The van der Waals surface area contributed by atoms with Gasteiger partial charge in [-0.3, -0.25) is 9.69 Å². The number of rotatable bonds is 8. The Morgan fingerprint density at radius 1 is 1.45 bits per heavy atom. The molecule has 0 spiro atoms. The van der Waals surface area contributed by atoms with Crippen LogP contribution in [0.1, 0.15) is 5.89 Å². The van der Waals surface area contributed by atoms with E-state index in [4.69, 9.17) is 9.26 Å². The first-order valence-corrected chi connectivity index (χ1v) is 7.76. The molecule has 0 aliphatic rings. The summed E-state index contributed by atoms with van der Waals surface area (Å²) in [4.78, 5) is 20.7. The first kappa shape index (κ1) is 16.6. The van der Waals surface area contributed by atoms with Gasteiger partial charge in [0.25, 0.3) is 0 Å². The molecule has 0 bridgehead atoms. The van der Waals surface area contributed by atoms with E-state index in [2.05, 4.69) is 10.1 Å². The Labute approximate surface area is 133 Å². The Hall–Kier alpha value is -1.77. The van der Waals surface area contributed by atoms with Crippen LogP contribution in [-0.2, 0) is 16.1 Å². The number of likely N-dealkylation sites (N-methyl/N-ethyl adjacent to an activating group) is 1. The number of carbonyl (C=O) groups is 1. The Balaban J connectivity index is 2.01. The van der Waals surface area contributed by atoms with Gasteiger partial charge in [-0.05, 0) is 11.4 Å². The van der Waals surface area contributed by atoms with Crippen molar-refractivity contribution in [2.75, 3.05) is 40.9 Å². The summed E-state index contributed by atoms with van der Waals surface area (Å²) in [7, 11) is 5.10. The average molecular weight is 324 g/mol. The van der Waals surface area contributed by atoms with Crippen molar-refractivity contribution in [2.45, 2.75) is 6.54 Å². The van der Waals surface area contributed by atoms with Crippen LogP contribution < -0.4 is 0 Å². The number of ether oxygens (including phenoxy) is 1. The number of hydrogen-bond acceptors (Lipinski definition) is 7. The summed E-state index contributed by atoms with van der Waals surface area (Å²) in [5.41, 5.74) is 0. The summed E-state index contributed by atoms with van der Waals surface area (Å²) in [5.74, 6) is 1.09. The molecule has 0 N–H and O–H groups in total. The third-order valence-electron chi connectivity index (χ3n) is 3.04. The van der Waals surface area contributed by atoms with Gasteiger partial charge in [-0.25, -0.2) is 0 Å². The lowest BCUT2D eigenvalue weighted by Crippen LogP contribution is -2.38. The molecule has 120 valence electrons. The minimum atomic E-state index is 0.0223. The Morgan fingerprint density at radius 3 is 2.91 bits per heavy atom. The predicted octanol–water partition coefficient (Wildman–Crippen LogP) is 1.33. The zero-order valence-corrected chi connectivity index (χ0v) is 13.8. The van der Waals surface area contributed by atoms with Gasteiger partial charge in [-0.2, -0.15) is 4.98 Å². The van der Waals surface area contributed by atoms with Gasteiger partial charge in [0.05, 0.1) is 24.6 Å². The van der Waals surface area contributed by atoms with E-state index < -0.39 is 0 Å². The molecule has 1 amide bonds. The molecule has 0 aliphatic carbocycles. The molecule has 2 heterocycles. The van der Waals surface area contributed by atoms with Crippen LogP contribution in [-0.4, -0.2) is 66.7 Å². The van der Waals surface area contributed by atoms with Crippen molar-refractivity contribution in [2.24, 2.45) is 0 Å². The highest BCUT2D eigenvalue weighted by Gasteiger charge is 2.17. The minimum Gasteiger partial charge on any atom is -0.383 e. The van der Waals surface area contributed by atoms with Crippen molar-refractivity contribution in [3.8, 4) is 10.7 Å². The lowest BCUT2D eigenvalue weighted by atomic mass is 10.4.